The van der Waals surface area contributed by atoms with Crippen molar-refractivity contribution in [1.29, 1.82) is 0 Å². The molecule has 1 saturated heterocycles. The molecule has 2 aromatic carbocycles. The van der Waals surface area contributed by atoms with Crippen LogP contribution < -0.4 is 15.2 Å². The van der Waals surface area contributed by atoms with E-state index in [1.165, 1.54) is 0 Å². The summed E-state index contributed by atoms with van der Waals surface area (Å²) in [6, 6.07) is 15.6. The fraction of sp³-hybridized carbons (Fsp3) is 0.200. The van der Waals surface area contributed by atoms with Crippen LogP contribution in [-0.4, -0.2) is 55.0 Å². The molecular formula is C25H25N5O4S. The fourth-order valence-electron chi connectivity index (χ4n) is 4.39. The maximum atomic E-state index is 13.1. The zero-order valence-corrected chi connectivity index (χ0v) is 20.0. The SMILES string of the molecule is Cn1c(C(=O)N2CCNCC2)cc2cc(Oc3cccc(-c4cccnc4)c3S(N)(=O)=O)ccc21. The molecule has 3 heterocycles. The van der Waals surface area contributed by atoms with Gasteiger partial charge in [-0.1, -0.05) is 18.2 Å². The maximum absolute atomic E-state index is 13.1. The Morgan fingerprint density at radius 3 is 2.60 bits per heavy atom. The minimum Gasteiger partial charge on any atom is -0.456 e. The fourth-order valence-corrected chi connectivity index (χ4v) is 5.27. The van der Waals surface area contributed by atoms with Gasteiger partial charge in [0.15, 0.2) is 0 Å². The second kappa shape index (κ2) is 9.14. The molecule has 0 spiro atoms. The van der Waals surface area contributed by atoms with E-state index < -0.39 is 10.0 Å². The molecule has 0 unspecified atom stereocenters. The Morgan fingerprint density at radius 2 is 1.89 bits per heavy atom. The van der Waals surface area contributed by atoms with Gasteiger partial charge in [0.25, 0.3) is 5.91 Å². The van der Waals surface area contributed by atoms with Gasteiger partial charge in [-0.05, 0) is 36.4 Å². The van der Waals surface area contributed by atoms with Crippen LogP contribution in [0.3, 0.4) is 0 Å². The second-order valence-electron chi connectivity index (χ2n) is 8.37. The van der Waals surface area contributed by atoms with Crippen molar-refractivity contribution in [2.75, 3.05) is 26.2 Å². The zero-order chi connectivity index (χ0) is 24.6. The highest BCUT2D eigenvalue weighted by atomic mass is 32.2. The van der Waals surface area contributed by atoms with Crippen LogP contribution in [0.25, 0.3) is 22.0 Å². The number of rotatable bonds is 5. The standard InChI is InChI=1S/C25H25N5O4S/c1-29-21-8-7-19(14-18(21)15-22(29)25(31)30-12-10-27-11-13-30)34-23-6-2-5-20(24(23)35(26,32)33)17-4-3-9-28-16-17/h2-9,14-16,27H,10-13H2,1H3,(H2,26,32,33). The van der Waals surface area contributed by atoms with E-state index in [1.54, 1.807) is 54.9 Å². The Kier molecular flexibility index (Phi) is 6.01. The average molecular weight is 492 g/mol. The van der Waals surface area contributed by atoms with E-state index in [0.717, 1.165) is 24.0 Å². The summed E-state index contributed by atoms with van der Waals surface area (Å²) in [5.74, 6) is 0.520. The smallest absolute Gasteiger partial charge is 0.270 e. The molecule has 0 atom stereocenters. The zero-order valence-electron chi connectivity index (χ0n) is 19.1. The Balaban J connectivity index is 1.52. The van der Waals surface area contributed by atoms with Crippen molar-refractivity contribution in [3.63, 3.8) is 0 Å². The number of aryl methyl sites for hydroxylation is 1. The Hall–Kier alpha value is -3.73. The number of nitrogens with one attached hydrogen (secondary N) is 1. The number of nitrogens with zero attached hydrogens (tertiary/aromatic N) is 3. The summed E-state index contributed by atoms with van der Waals surface area (Å²) in [7, 11) is -2.26. The summed E-state index contributed by atoms with van der Waals surface area (Å²) in [6.07, 6.45) is 3.18. The number of amides is 1. The molecule has 2 aromatic heterocycles. The topological polar surface area (TPSA) is 120 Å². The van der Waals surface area contributed by atoms with E-state index in [2.05, 4.69) is 10.3 Å². The van der Waals surface area contributed by atoms with Crippen LogP contribution in [0.5, 0.6) is 11.5 Å². The van der Waals surface area contributed by atoms with Crippen LogP contribution in [0.15, 0.2) is 71.9 Å². The van der Waals surface area contributed by atoms with Gasteiger partial charge in [0, 0.05) is 67.7 Å². The summed E-state index contributed by atoms with van der Waals surface area (Å²) in [5.41, 5.74) is 2.47. The first-order valence-electron chi connectivity index (χ1n) is 11.2. The van der Waals surface area contributed by atoms with Gasteiger partial charge < -0.3 is 19.5 Å². The van der Waals surface area contributed by atoms with Crippen molar-refractivity contribution < 1.29 is 17.9 Å². The number of sulfonamides is 1. The monoisotopic (exact) mass is 491 g/mol. The van der Waals surface area contributed by atoms with E-state index in [4.69, 9.17) is 9.88 Å². The molecule has 4 aromatic rings. The molecule has 10 heteroatoms. The lowest BCUT2D eigenvalue weighted by atomic mass is 10.1. The molecule has 9 nitrogen and oxygen atoms in total. The van der Waals surface area contributed by atoms with Gasteiger partial charge in [0.1, 0.15) is 22.1 Å². The maximum Gasteiger partial charge on any atom is 0.270 e. The number of nitrogens with two attached hydrogens (primary N) is 1. The predicted molar refractivity (Wildman–Crippen MR) is 133 cm³/mol. The summed E-state index contributed by atoms with van der Waals surface area (Å²) < 4.78 is 33.0. The molecule has 0 aliphatic carbocycles. The summed E-state index contributed by atoms with van der Waals surface area (Å²) in [6.45, 7) is 2.88. The van der Waals surface area contributed by atoms with Crippen LogP contribution in [0.4, 0.5) is 0 Å². The number of ether oxygens (including phenoxy) is 1. The summed E-state index contributed by atoms with van der Waals surface area (Å²) >= 11 is 0. The molecule has 1 aliphatic heterocycles. The van der Waals surface area contributed by atoms with Crippen LogP contribution in [0.1, 0.15) is 10.5 Å². The highest BCUT2D eigenvalue weighted by molar-refractivity contribution is 7.89. The average Bonchev–Trinajstić information content (AvgIpc) is 3.19. The van der Waals surface area contributed by atoms with Gasteiger partial charge in [-0.25, -0.2) is 13.6 Å². The van der Waals surface area contributed by atoms with Crippen molar-refractivity contribution in [2.45, 2.75) is 4.90 Å². The molecule has 0 saturated carbocycles. The quantitative estimate of drug-likeness (QED) is 0.443. The number of primary sulfonamides is 1. The van der Waals surface area contributed by atoms with Gasteiger partial charge in [-0.3, -0.25) is 9.78 Å². The number of aromatic nitrogens is 2. The first-order valence-corrected chi connectivity index (χ1v) is 12.7. The highest BCUT2D eigenvalue weighted by Gasteiger charge is 2.24. The largest absolute Gasteiger partial charge is 0.456 e. The number of carbonyl (C=O) groups excluding carboxylic acids is 1. The number of hydrogen-bond donors (Lipinski definition) is 2. The number of piperazine rings is 1. The van der Waals surface area contributed by atoms with E-state index in [9.17, 15) is 13.2 Å². The molecule has 180 valence electrons. The lowest BCUT2D eigenvalue weighted by Gasteiger charge is -2.27. The number of hydrogen-bond acceptors (Lipinski definition) is 6. The lowest BCUT2D eigenvalue weighted by Crippen LogP contribution is -2.46. The molecule has 1 fully saturated rings. The minimum absolute atomic E-state index is 0.0200. The van der Waals surface area contributed by atoms with E-state index in [0.29, 0.717) is 35.7 Å². The first kappa shape index (κ1) is 23.0. The molecule has 1 aliphatic rings. The summed E-state index contributed by atoms with van der Waals surface area (Å²) in [5, 5.41) is 9.65. The third-order valence-corrected chi connectivity index (χ3v) is 7.09. The number of pyridine rings is 1. The first-order chi connectivity index (χ1) is 16.8. The van der Waals surface area contributed by atoms with Crippen molar-refractivity contribution in [3.8, 4) is 22.6 Å². The molecule has 0 bridgehead atoms. The molecule has 35 heavy (non-hydrogen) atoms. The highest BCUT2D eigenvalue weighted by Crippen LogP contribution is 2.37. The third kappa shape index (κ3) is 4.51. The van der Waals surface area contributed by atoms with Gasteiger partial charge in [0.2, 0.25) is 10.0 Å². The summed E-state index contributed by atoms with van der Waals surface area (Å²) in [4.78, 5) is 18.9. The molecule has 1 amide bonds. The number of carbonyl (C=O) groups is 1. The molecule has 5 rings (SSSR count). The van der Waals surface area contributed by atoms with Gasteiger partial charge in [-0.2, -0.15) is 0 Å². The van der Waals surface area contributed by atoms with Gasteiger partial charge in [0.05, 0.1) is 0 Å². The lowest BCUT2D eigenvalue weighted by molar-refractivity contribution is 0.0726. The Morgan fingerprint density at radius 1 is 1.09 bits per heavy atom. The third-order valence-electron chi connectivity index (χ3n) is 6.10. The van der Waals surface area contributed by atoms with Crippen molar-refractivity contribution in [1.82, 2.24) is 19.8 Å². The van der Waals surface area contributed by atoms with Crippen LogP contribution in [-0.2, 0) is 17.1 Å². The van der Waals surface area contributed by atoms with Crippen molar-refractivity contribution >= 4 is 26.8 Å². The van der Waals surface area contributed by atoms with Gasteiger partial charge >= 0.3 is 0 Å². The van der Waals surface area contributed by atoms with Crippen LogP contribution >= 0.6 is 0 Å². The van der Waals surface area contributed by atoms with Gasteiger partial charge in [-0.15, -0.1) is 0 Å². The normalized spacial score (nSPS) is 14.3. The van der Waals surface area contributed by atoms with Crippen LogP contribution in [0.2, 0.25) is 0 Å². The van der Waals surface area contributed by atoms with E-state index in [-0.39, 0.29) is 16.6 Å². The van der Waals surface area contributed by atoms with E-state index in [1.807, 2.05) is 28.6 Å². The van der Waals surface area contributed by atoms with Crippen molar-refractivity contribution in [3.05, 3.63) is 72.7 Å². The number of benzene rings is 2. The Labute approximate surface area is 203 Å². The van der Waals surface area contributed by atoms with Crippen molar-refractivity contribution in [2.24, 2.45) is 12.2 Å². The molecule has 0 radical (unpaired) electrons. The second-order valence-corrected chi connectivity index (χ2v) is 9.87. The molecular weight excluding hydrogens is 466 g/mol. The number of fused-ring (bicyclic) bond motifs is 1. The van der Waals surface area contributed by atoms with Crippen LogP contribution in [0, 0.1) is 0 Å². The minimum atomic E-state index is -4.11. The molecule has 3 N–H and O–H groups in total. The predicted octanol–water partition coefficient (Wildman–Crippen LogP) is 2.73. The Bertz CT molecular complexity index is 1510. The van der Waals surface area contributed by atoms with E-state index >= 15 is 0 Å².